The fourth-order valence-corrected chi connectivity index (χ4v) is 1.14. The number of halogens is 3. The number of rotatable bonds is 4. The van der Waals surface area contributed by atoms with Crippen molar-refractivity contribution in [2.45, 2.75) is 12.8 Å². The van der Waals surface area contributed by atoms with E-state index in [-0.39, 0.29) is 11.3 Å². The van der Waals surface area contributed by atoms with E-state index in [0.29, 0.717) is 0 Å². The van der Waals surface area contributed by atoms with Crippen LogP contribution in [0.5, 0.6) is 5.75 Å². The summed E-state index contributed by atoms with van der Waals surface area (Å²) in [6.45, 7) is 0. The Balaban J connectivity index is 3.22. The van der Waals surface area contributed by atoms with Gasteiger partial charge in [-0.25, -0.2) is 13.8 Å². The van der Waals surface area contributed by atoms with Gasteiger partial charge in [-0.15, -0.1) is 0 Å². The molecule has 0 amide bonds. The van der Waals surface area contributed by atoms with Gasteiger partial charge in [0.1, 0.15) is 11.4 Å². The van der Waals surface area contributed by atoms with Gasteiger partial charge in [-0.2, -0.15) is 4.39 Å². The number of hydrogen-bond acceptors (Lipinski definition) is 3. The van der Waals surface area contributed by atoms with E-state index in [2.05, 4.69) is 9.72 Å². The number of carboxylic acids is 1. The van der Waals surface area contributed by atoms with E-state index < -0.39 is 30.5 Å². The molecule has 0 bridgehead atoms. The lowest BCUT2D eigenvalue weighted by molar-refractivity contribution is -0.136. The summed E-state index contributed by atoms with van der Waals surface area (Å²) in [4.78, 5) is 13.4. The SMILES string of the molecule is COc1cc(C(F)F)nc(F)c1CC(=O)O. The molecule has 1 aromatic rings. The minimum absolute atomic E-state index is 0.245. The highest BCUT2D eigenvalue weighted by Gasteiger charge is 2.19. The van der Waals surface area contributed by atoms with Crippen molar-refractivity contribution in [3.63, 3.8) is 0 Å². The number of carboxylic acid groups (broad SMARTS) is 1. The lowest BCUT2D eigenvalue weighted by Gasteiger charge is -2.09. The van der Waals surface area contributed by atoms with E-state index in [1.807, 2.05) is 0 Å². The fourth-order valence-electron chi connectivity index (χ4n) is 1.14. The average Bonchev–Trinajstić information content (AvgIpc) is 2.19. The predicted octanol–water partition coefficient (Wildman–Crippen LogP) is 1.79. The summed E-state index contributed by atoms with van der Waals surface area (Å²) in [5, 5.41) is 8.49. The topological polar surface area (TPSA) is 59.4 Å². The summed E-state index contributed by atoms with van der Waals surface area (Å²) in [7, 11) is 1.13. The van der Waals surface area contributed by atoms with Crippen LogP contribution in [0.15, 0.2) is 6.07 Å². The second kappa shape index (κ2) is 4.82. The van der Waals surface area contributed by atoms with E-state index in [1.54, 1.807) is 0 Å². The molecule has 88 valence electrons. The fraction of sp³-hybridized carbons (Fsp3) is 0.333. The van der Waals surface area contributed by atoms with E-state index in [1.165, 1.54) is 0 Å². The van der Waals surface area contributed by atoms with Gasteiger partial charge in [0, 0.05) is 6.07 Å². The Labute approximate surface area is 88.7 Å². The van der Waals surface area contributed by atoms with Gasteiger partial charge in [-0.1, -0.05) is 0 Å². The van der Waals surface area contributed by atoms with Crippen LogP contribution < -0.4 is 4.74 Å². The molecule has 16 heavy (non-hydrogen) atoms. The Morgan fingerprint density at radius 1 is 1.62 bits per heavy atom. The summed E-state index contributed by atoms with van der Waals surface area (Å²) < 4.78 is 42.4. The van der Waals surface area contributed by atoms with Crippen LogP contribution in [0.3, 0.4) is 0 Å². The van der Waals surface area contributed by atoms with Gasteiger partial charge in [-0.05, 0) is 0 Å². The van der Waals surface area contributed by atoms with Gasteiger partial charge >= 0.3 is 5.97 Å². The number of carbonyl (C=O) groups is 1. The lowest BCUT2D eigenvalue weighted by Crippen LogP contribution is -2.08. The first-order valence-electron chi connectivity index (χ1n) is 4.19. The van der Waals surface area contributed by atoms with Gasteiger partial charge < -0.3 is 9.84 Å². The van der Waals surface area contributed by atoms with Crippen molar-refractivity contribution in [1.82, 2.24) is 4.98 Å². The van der Waals surface area contributed by atoms with E-state index in [9.17, 15) is 18.0 Å². The lowest BCUT2D eigenvalue weighted by atomic mass is 10.1. The first kappa shape index (κ1) is 12.3. The van der Waals surface area contributed by atoms with Crippen LogP contribution in [0.1, 0.15) is 17.7 Å². The molecular weight excluding hydrogens is 227 g/mol. The van der Waals surface area contributed by atoms with Crippen LogP contribution in [-0.2, 0) is 11.2 Å². The van der Waals surface area contributed by atoms with Gasteiger partial charge in [0.2, 0.25) is 5.95 Å². The third kappa shape index (κ3) is 2.62. The van der Waals surface area contributed by atoms with E-state index in [4.69, 9.17) is 5.11 Å². The molecule has 0 atom stereocenters. The van der Waals surface area contributed by atoms with Crippen LogP contribution in [0.2, 0.25) is 0 Å². The Bertz CT molecular complexity index is 409. The summed E-state index contributed by atoms with van der Waals surface area (Å²) in [5.74, 6) is -2.80. The maximum Gasteiger partial charge on any atom is 0.308 e. The van der Waals surface area contributed by atoms with Gasteiger partial charge in [0.15, 0.2) is 0 Å². The number of aliphatic carboxylic acids is 1. The maximum atomic E-state index is 13.2. The molecule has 1 N–H and O–H groups in total. The molecule has 0 fully saturated rings. The second-order valence-electron chi connectivity index (χ2n) is 2.89. The third-order valence-corrected chi connectivity index (χ3v) is 1.82. The van der Waals surface area contributed by atoms with Gasteiger partial charge in [0.05, 0.1) is 19.1 Å². The largest absolute Gasteiger partial charge is 0.496 e. The smallest absolute Gasteiger partial charge is 0.308 e. The van der Waals surface area contributed by atoms with Crippen molar-refractivity contribution >= 4 is 5.97 Å². The number of nitrogens with zero attached hydrogens (tertiary/aromatic N) is 1. The maximum absolute atomic E-state index is 13.2. The van der Waals surface area contributed by atoms with Crippen molar-refractivity contribution in [2.24, 2.45) is 0 Å². The summed E-state index contributed by atoms with van der Waals surface area (Å²) in [5.41, 5.74) is -1.14. The average molecular weight is 235 g/mol. The summed E-state index contributed by atoms with van der Waals surface area (Å²) in [6.07, 6.45) is -3.62. The van der Waals surface area contributed by atoms with E-state index in [0.717, 1.165) is 13.2 Å². The number of methoxy groups -OCH3 is 1. The molecule has 0 aliphatic rings. The first-order chi connectivity index (χ1) is 7.45. The van der Waals surface area contributed by atoms with Crippen LogP contribution in [0.25, 0.3) is 0 Å². The highest BCUT2D eigenvalue weighted by atomic mass is 19.3. The van der Waals surface area contributed by atoms with Crippen molar-refractivity contribution in [1.29, 1.82) is 0 Å². The number of pyridine rings is 1. The minimum Gasteiger partial charge on any atom is -0.496 e. The Kier molecular flexibility index (Phi) is 3.70. The quantitative estimate of drug-likeness (QED) is 0.808. The monoisotopic (exact) mass is 235 g/mol. The van der Waals surface area contributed by atoms with Crippen LogP contribution >= 0.6 is 0 Å². The summed E-state index contributed by atoms with van der Waals surface area (Å²) >= 11 is 0. The van der Waals surface area contributed by atoms with Crippen LogP contribution in [0, 0.1) is 5.95 Å². The van der Waals surface area contributed by atoms with Gasteiger partial charge in [-0.3, -0.25) is 4.79 Å². The molecule has 0 spiro atoms. The highest BCUT2D eigenvalue weighted by Crippen LogP contribution is 2.26. The zero-order chi connectivity index (χ0) is 12.3. The molecule has 0 aliphatic carbocycles. The standard InChI is InChI=1S/C9H8F3NO3/c1-16-6-3-5(8(10)11)13-9(12)4(6)2-7(14)15/h3,8H,2H2,1H3,(H,14,15). The van der Waals surface area contributed by atoms with Crippen LogP contribution in [-0.4, -0.2) is 23.2 Å². The van der Waals surface area contributed by atoms with Crippen molar-refractivity contribution < 1.29 is 27.8 Å². The minimum atomic E-state index is -2.94. The molecule has 0 unspecified atom stereocenters. The first-order valence-corrected chi connectivity index (χ1v) is 4.19. The highest BCUT2D eigenvalue weighted by molar-refractivity contribution is 5.71. The zero-order valence-electron chi connectivity index (χ0n) is 8.21. The Morgan fingerprint density at radius 2 is 2.25 bits per heavy atom. The molecule has 0 radical (unpaired) electrons. The number of aromatic nitrogens is 1. The molecule has 0 aromatic carbocycles. The Hall–Kier alpha value is -1.79. The van der Waals surface area contributed by atoms with E-state index >= 15 is 0 Å². The molecule has 7 heteroatoms. The van der Waals surface area contributed by atoms with Crippen LogP contribution in [0.4, 0.5) is 13.2 Å². The number of alkyl halides is 2. The zero-order valence-corrected chi connectivity index (χ0v) is 8.21. The normalized spacial score (nSPS) is 10.6. The number of hydrogen-bond donors (Lipinski definition) is 1. The molecular formula is C9H8F3NO3. The molecule has 1 heterocycles. The molecule has 4 nitrogen and oxygen atoms in total. The molecule has 1 aromatic heterocycles. The number of ether oxygens (including phenoxy) is 1. The second-order valence-corrected chi connectivity index (χ2v) is 2.89. The summed E-state index contributed by atoms with van der Waals surface area (Å²) in [6, 6.07) is 0.825. The molecule has 1 rings (SSSR count). The van der Waals surface area contributed by atoms with Gasteiger partial charge in [0.25, 0.3) is 6.43 Å². The predicted molar refractivity (Wildman–Crippen MR) is 47.0 cm³/mol. The van der Waals surface area contributed by atoms with Crippen molar-refractivity contribution in [3.05, 3.63) is 23.3 Å². The Morgan fingerprint density at radius 3 is 2.69 bits per heavy atom. The molecule has 0 saturated carbocycles. The van der Waals surface area contributed by atoms with Crippen molar-refractivity contribution in [3.8, 4) is 5.75 Å². The molecule has 0 saturated heterocycles. The van der Waals surface area contributed by atoms with Crippen molar-refractivity contribution in [2.75, 3.05) is 7.11 Å². The third-order valence-electron chi connectivity index (χ3n) is 1.82. The molecule has 0 aliphatic heterocycles.